The maximum atomic E-state index is 12.1. The van der Waals surface area contributed by atoms with Crippen LogP contribution in [0, 0.1) is 0 Å². The van der Waals surface area contributed by atoms with Crippen molar-refractivity contribution in [2.75, 3.05) is 6.54 Å². The highest BCUT2D eigenvalue weighted by atomic mass is 32.1. The van der Waals surface area contributed by atoms with E-state index >= 15 is 0 Å². The lowest BCUT2D eigenvalue weighted by Gasteiger charge is -2.06. The molecule has 0 unspecified atom stereocenters. The minimum Gasteiger partial charge on any atom is -0.477 e. The number of carboxylic acids is 1. The summed E-state index contributed by atoms with van der Waals surface area (Å²) >= 11 is 1.74. The molecule has 0 atom stereocenters. The van der Waals surface area contributed by atoms with Crippen molar-refractivity contribution < 1.29 is 14.7 Å². The number of carbonyl (C=O) groups is 2. The molecular formula is C16H17N3O3S. The number of aromatic carboxylic acids is 1. The first kappa shape index (κ1) is 15.6. The summed E-state index contributed by atoms with van der Waals surface area (Å²) in [4.78, 5) is 32.6. The number of pyridine rings is 1. The van der Waals surface area contributed by atoms with Crippen molar-refractivity contribution in [3.8, 4) is 0 Å². The number of hydrogen-bond donors (Lipinski definition) is 2. The fraction of sp³-hybridized carbons (Fsp3) is 0.375. The average Bonchev–Trinajstić information content (AvgIpc) is 2.97. The topological polar surface area (TPSA) is 92.2 Å². The van der Waals surface area contributed by atoms with Crippen LogP contribution in [0.25, 0.3) is 0 Å². The number of aryl methyl sites for hydroxylation is 2. The first-order valence-electron chi connectivity index (χ1n) is 7.58. The van der Waals surface area contributed by atoms with Gasteiger partial charge in [0, 0.05) is 29.6 Å². The van der Waals surface area contributed by atoms with E-state index in [9.17, 15) is 9.59 Å². The quantitative estimate of drug-likeness (QED) is 0.875. The summed E-state index contributed by atoms with van der Waals surface area (Å²) in [5.41, 5.74) is 1.39. The van der Waals surface area contributed by atoms with Gasteiger partial charge in [0.15, 0.2) is 0 Å². The highest BCUT2D eigenvalue weighted by Crippen LogP contribution is 2.26. The lowest BCUT2D eigenvalue weighted by Crippen LogP contribution is -2.26. The molecule has 1 aliphatic rings. The molecule has 120 valence electrons. The largest absolute Gasteiger partial charge is 0.477 e. The maximum Gasteiger partial charge on any atom is 0.354 e. The van der Waals surface area contributed by atoms with Crippen molar-refractivity contribution in [1.29, 1.82) is 0 Å². The molecule has 3 rings (SSSR count). The van der Waals surface area contributed by atoms with E-state index in [2.05, 4.69) is 15.3 Å². The molecule has 6 nitrogen and oxygen atoms in total. The van der Waals surface area contributed by atoms with Gasteiger partial charge in [0.2, 0.25) is 0 Å². The van der Waals surface area contributed by atoms with Crippen LogP contribution in [0.15, 0.2) is 18.3 Å². The van der Waals surface area contributed by atoms with E-state index in [1.807, 2.05) is 0 Å². The van der Waals surface area contributed by atoms with Crippen molar-refractivity contribution in [3.05, 3.63) is 45.2 Å². The van der Waals surface area contributed by atoms with Gasteiger partial charge in [-0.15, -0.1) is 11.3 Å². The van der Waals surface area contributed by atoms with Crippen LogP contribution in [-0.2, 0) is 19.3 Å². The molecule has 0 bridgehead atoms. The SMILES string of the molecule is O=C(NCCc1nc2c(s1)CCCC2)c1ccnc(C(=O)O)c1. The number of rotatable bonds is 5. The number of amides is 1. The summed E-state index contributed by atoms with van der Waals surface area (Å²) in [6, 6.07) is 2.78. The lowest BCUT2D eigenvalue weighted by atomic mass is 10.0. The molecular weight excluding hydrogens is 314 g/mol. The Morgan fingerprint density at radius 3 is 2.91 bits per heavy atom. The molecule has 0 radical (unpaired) electrons. The van der Waals surface area contributed by atoms with Crippen molar-refractivity contribution in [2.24, 2.45) is 0 Å². The average molecular weight is 331 g/mol. The third-order valence-electron chi connectivity index (χ3n) is 3.76. The van der Waals surface area contributed by atoms with E-state index < -0.39 is 5.97 Å². The Labute approximate surface area is 137 Å². The number of aromatic nitrogens is 2. The molecule has 0 fully saturated rings. The minimum absolute atomic E-state index is 0.134. The van der Waals surface area contributed by atoms with Gasteiger partial charge < -0.3 is 10.4 Å². The summed E-state index contributed by atoms with van der Waals surface area (Å²) in [5, 5.41) is 12.7. The van der Waals surface area contributed by atoms with E-state index in [1.54, 1.807) is 11.3 Å². The summed E-state index contributed by atoms with van der Waals surface area (Å²) in [6.45, 7) is 0.482. The second-order valence-corrected chi connectivity index (χ2v) is 6.59. The number of thiazole rings is 1. The molecule has 2 N–H and O–H groups in total. The highest BCUT2D eigenvalue weighted by Gasteiger charge is 2.15. The molecule has 7 heteroatoms. The molecule has 2 aromatic rings. The Hall–Kier alpha value is -2.28. The Morgan fingerprint density at radius 2 is 2.13 bits per heavy atom. The Balaban J connectivity index is 1.56. The first-order chi connectivity index (χ1) is 11.1. The Bertz CT molecular complexity index is 718. The Morgan fingerprint density at radius 1 is 1.30 bits per heavy atom. The van der Waals surface area contributed by atoms with Crippen LogP contribution in [0.4, 0.5) is 0 Å². The van der Waals surface area contributed by atoms with Gasteiger partial charge >= 0.3 is 5.97 Å². The molecule has 0 saturated carbocycles. The van der Waals surface area contributed by atoms with Gasteiger partial charge in [-0.05, 0) is 37.8 Å². The standard InChI is InChI=1S/C16H17N3O3S/c20-15(10-5-7-17-12(9-10)16(21)22)18-8-6-14-19-11-3-1-2-4-13(11)23-14/h5,7,9H,1-4,6,8H2,(H,18,20)(H,21,22). The fourth-order valence-corrected chi connectivity index (χ4v) is 3.74. The van der Waals surface area contributed by atoms with Gasteiger partial charge in [0.05, 0.1) is 10.7 Å². The Kier molecular flexibility index (Phi) is 4.66. The molecule has 23 heavy (non-hydrogen) atoms. The predicted molar refractivity (Wildman–Crippen MR) is 86.0 cm³/mol. The number of hydrogen-bond acceptors (Lipinski definition) is 5. The molecule has 2 heterocycles. The van der Waals surface area contributed by atoms with Gasteiger partial charge in [-0.1, -0.05) is 0 Å². The predicted octanol–water partition coefficient (Wildman–Crippen LogP) is 2.09. The lowest BCUT2D eigenvalue weighted by molar-refractivity contribution is 0.0690. The summed E-state index contributed by atoms with van der Waals surface area (Å²) in [7, 11) is 0. The van der Waals surface area contributed by atoms with Crippen LogP contribution < -0.4 is 5.32 Å². The van der Waals surface area contributed by atoms with Crippen LogP contribution in [0.5, 0.6) is 0 Å². The zero-order valence-electron chi connectivity index (χ0n) is 12.5. The van der Waals surface area contributed by atoms with Crippen molar-refractivity contribution >= 4 is 23.2 Å². The third kappa shape index (κ3) is 3.73. The van der Waals surface area contributed by atoms with Gasteiger partial charge in [0.1, 0.15) is 5.69 Å². The van der Waals surface area contributed by atoms with E-state index in [0.29, 0.717) is 18.5 Å². The second-order valence-electron chi connectivity index (χ2n) is 5.43. The maximum absolute atomic E-state index is 12.1. The van der Waals surface area contributed by atoms with Crippen LogP contribution in [0.1, 0.15) is 49.3 Å². The number of fused-ring (bicyclic) bond motifs is 1. The van der Waals surface area contributed by atoms with Crippen LogP contribution in [0.2, 0.25) is 0 Å². The molecule has 2 aromatic heterocycles. The number of carboxylic acid groups (broad SMARTS) is 1. The normalized spacial score (nSPS) is 13.4. The number of nitrogens with zero attached hydrogens (tertiary/aromatic N) is 2. The van der Waals surface area contributed by atoms with Crippen LogP contribution in [0.3, 0.4) is 0 Å². The van der Waals surface area contributed by atoms with Gasteiger partial charge in [-0.25, -0.2) is 14.8 Å². The first-order valence-corrected chi connectivity index (χ1v) is 8.40. The molecule has 1 amide bonds. The minimum atomic E-state index is -1.15. The van der Waals surface area contributed by atoms with Crippen molar-refractivity contribution in [2.45, 2.75) is 32.1 Å². The van der Waals surface area contributed by atoms with E-state index in [-0.39, 0.29) is 11.6 Å². The summed E-state index contributed by atoms with van der Waals surface area (Å²) in [6.07, 6.45) is 6.65. The van der Waals surface area contributed by atoms with Crippen LogP contribution >= 0.6 is 11.3 Å². The van der Waals surface area contributed by atoms with Crippen LogP contribution in [-0.4, -0.2) is 33.5 Å². The van der Waals surface area contributed by atoms with E-state index in [1.165, 1.54) is 41.7 Å². The molecule has 1 aliphatic carbocycles. The van der Waals surface area contributed by atoms with E-state index in [4.69, 9.17) is 5.11 Å². The fourth-order valence-electron chi connectivity index (χ4n) is 2.59. The van der Waals surface area contributed by atoms with Crippen molar-refractivity contribution in [1.82, 2.24) is 15.3 Å². The monoisotopic (exact) mass is 331 g/mol. The number of carbonyl (C=O) groups excluding carboxylic acids is 1. The number of nitrogens with one attached hydrogen (secondary N) is 1. The highest BCUT2D eigenvalue weighted by molar-refractivity contribution is 7.11. The zero-order valence-corrected chi connectivity index (χ0v) is 13.4. The smallest absolute Gasteiger partial charge is 0.354 e. The molecule has 0 aliphatic heterocycles. The van der Waals surface area contributed by atoms with Gasteiger partial charge in [-0.3, -0.25) is 4.79 Å². The molecule has 0 spiro atoms. The van der Waals surface area contributed by atoms with Gasteiger partial charge in [0.25, 0.3) is 5.91 Å². The third-order valence-corrected chi connectivity index (χ3v) is 4.97. The zero-order chi connectivity index (χ0) is 16.2. The summed E-state index contributed by atoms with van der Waals surface area (Å²) in [5.74, 6) is -1.44. The summed E-state index contributed by atoms with van der Waals surface area (Å²) < 4.78 is 0. The van der Waals surface area contributed by atoms with Crippen molar-refractivity contribution in [3.63, 3.8) is 0 Å². The molecule has 0 aromatic carbocycles. The second kappa shape index (κ2) is 6.87. The molecule has 0 saturated heterocycles. The van der Waals surface area contributed by atoms with Gasteiger partial charge in [-0.2, -0.15) is 0 Å². The van der Waals surface area contributed by atoms with E-state index in [0.717, 1.165) is 17.8 Å².